The Bertz CT molecular complexity index is 472. The van der Waals surface area contributed by atoms with Crippen molar-refractivity contribution in [3.05, 3.63) is 35.1 Å². The molecule has 2 heterocycles. The molecule has 0 saturated heterocycles. The van der Waals surface area contributed by atoms with Crippen molar-refractivity contribution < 1.29 is 4.42 Å². The van der Waals surface area contributed by atoms with Crippen LogP contribution < -0.4 is 0 Å². The molecule has 2 aromatic heterocycles. The van der Waals surface area contributed by atoms with Crippen LogP contribution in [-0.2, 0) is 0 Å². The minimum Gasteiger partial charge on any atom is -0.472 e. The quantitative estimate of drug-likeness (QED) is 0.706. The first-order chi connectivity index (χ1) is 6.27. The summed E-state index contributed by atoms with van der Waals surface area (Å²) < 4.78 is 5.68. The topological polar surface area (TPSA) is 41.8 Å². The molecule has 0 aliphatic carbocycles. The zero-order chi connectivity index (χ0) is 9.26. The second kappa shape index (κ2) is 3.14. The molecular weight excluding hydrogens is 184 g/mol. The van der Waals surface area contributed by atoms with Gasteiger partial charge < -0.3 is 9.40 Å². The number of hydrogen-bond donors (Lipinski definition) is 1. The summed E-state index contributed by atoms with van der Waals surface area (Å²) in [6.07, 6.45) is 6.71. The Morgan fingerprint density at radius 3 is 2.85 bits per heavy atom. The lowest BCUT2D eigenvalue weighted by Gasteiger charge is -1.97. The van der Waals surface area contributed by atoms with E-state index in [9.17, 15) is 0 Å². The maximum absolute atomic E-state index is 5.06. The van der Waals surface area contributed by atoms with E-state index in [1.807, 2.05) is 6.92 Å². The van der Waals surface area contributed by atoms with Crippen LogP contribution in [-0.4, -0.2) is 9.97 Å². The number of hydrogen-bond acceptors (Lipinski definition) is 3. The molecule has 0 radical (unpaired) electrons. The maximum atomic E-state index is 5.06. The monoisotopic (exact) mass is 192 g/mol. The molecule has 0 spiro atoms. The number of H-pyrrole nitrogens is 1. The number of nitrogens with zero attached hydrogens (tertiary/aromatic N) is 1. The molecule has 2 rings (SSSR count). The van der Waals surface area contributed by atoms with Crippen molar-refractivity contribution in [3.8, 4) is 11.3 Å². The summed E-state index contributed by atoms with van der Waals surface area (Å²) in [4.78, 5) is 7.05. The number of aromatic amines is 1. The molecule has 0 bridgehead atoms. The van der Waals surface area contributed by atoms with Crippen molar-refractivity contribution in [2.24, 2.45) is 0 Å². The highest BCUT2D eigenvalue weighted by atomic mass is 32.1. The van der Waals surface area contributed by atoms with Crippen molar-refractivity contribution in [3.63, 3.8) is 0 Å². The molecule has 13 heavy (non-hydrogen) atoms. The zero-order valence-corrected chi connectivity index (χ0v) is 7.89. The Labute approximate surface area is 80.4 Å². The van der Waals surface area contributed by atoms with Crippen LogP contribution in [0, 0.1) is 11.6 Å². The number of rotatable bonds is 1. The van der Waals surface area contributed by atoms with Crippen molar-refractivity contribution >= 4 is 12.2 Å². The Balaban J connectivity index is 2.59. The second-order valence-electron chi connectivity index (χ2n) is 2.78. The molecule has 0 unspecified atom stereocenters. The van der Waals surface area contributed by atoms with E-state index in [-0.39, 0.29) is 0 Å². The third kappa shape index (κ3) is 1.53. The lowest BCUT2D eigenvalue weighted by molar-refractivity contribution is 0.566. The van der Waals surface area contributed by atoms with Gasteiger partial charge >= 0.3 is 0 Å². The predicted octanol–water partition coefficient (Wildman–Crippen LogP) is 2.71. The largest absolute Gasteiger partial charge is 0.472 e. The summed E-state index contributed by atoms with van der Waals surface area (Å²) in [5.41, 5.74) is 2.96. The summed E-state index contributed by atoms with van der Waals surface area (Å²) in [6, 6.07) is 0. The van der Waals surface area contributed by atoms with E-state index in [4.69, 9.17) is 16.6 Å². The van der Waals surface area contributed by atoms with Gasteiger partial charge in [0.05, 0.1) is 30.6 Å². The van der Waals surface area contributed by atoms with Gasteiger partial charge in [-0.15, -0.1) is 0 Å². The molecule has 3 nitrogen and oxygen atoms in total. The fraction of sp³-hybridized carbons (Fsp3) is 0.111. The van der Waals surface area contributed by atoms with Crippen LogP contribution >= 0.6 is 12.2 Å². The zero-order valence-electron chi connectivity index (χ0n) is 7.07. The van der Waals surface area contributed by atoms with Crippen molar-refractivity contribution in [2.45, 2.75) is 6.92 Å². The van der Waals surface area contributed by atoms with E-state index < -0.39 is 0 Å². The molecule has 0 amide bonds. The van der Waals surface area contributed by atoms with Gasteiger partial charge in [-0.2, -0.15) is 0 Å². The fourth-order valence-corrected chi connectivity index (χ4v) is 1.32. The number of aryl methyl sites for hydroxylation is 1. The summed E-state index contributed by atoms with van der Waals surface area (Å²) in [7, 11) is 0. The lowest BCUT2D eigenvalue weighted by atomic mass is 10.2. The van der Waals surface area contributed by atoms with E-state index in [2.05, 4.69) is 9.97 Å². The highest BCUT2D eigenvalue weighted by Gasteiger charge is 2.03. The molecule has 0 aliphatic heterocycles. The van der Waals surface area contributed by atoms with E-state index in [0.29, 0.717) is 4.64 Å². The van der Waals surface area contributed by atoms with Crippen LogP contribution in [0.25, 0.3) is 11.3 Å². The van der Waals surface area contributed by atoms with Crippen LogP contribution in [0.4, 0.5) is 0 Å². The van der Waals surface area contributed by atoms with Crippen LogP contribution in [0.5, 0.6) is 0 Å². The van der Waals surface area contributed by atoms with Gasteiger partial charge in [-0.05, 0) is 12.5 Å². The molecule has 0 aromatic carbocycles. The average molecular weight is 192 g/mol. The highest BCUT2D eigenvalue weighted by molar-refractivity contribution is 7.71. The molecule has 0 aliphatic rings. The minimum absolute atomic E-state index is 0.623. The molecule has 0 fully saturated rings. The minimum atomic E-state index is 0.623. The van der Waals surface area contributed by atoms with Gasteiger partial charge in [0, 0.05) is 5.56 Å². The van der Waals surface area contributed by atoms with Gasteiger partial charge in [0.2, 0.25) is 0 Å². The van der Waals surface area contributed by atoms with E-state index in [1.165, 1.54) is 0 Å². The molecule has 66 valence electrons. The normalized spacial score (nSPS) is 10.2. The Morgan fingerprint density at radius 2 is 2.23 bits per heavy atom. The van der Waals surface area contributed by atoms with Gasteiger partial charge in [0.15, 0.2) is 0 Å². The van der Waals surface area contributed by atoms with E-state index >= 15 is 0 Å². The lowest BCUT2D eigenvalue weighted by Crippen LogP contribution is -1.85. The van der Waals surface area contributed by atoms with Crippen molar-refractivity contribution in [2.75, 3.05) is 0 Å². The highest BCUT2D eigenvalue weighted by Crippen LogP contribution is 2.20. The molecule has 4 heteroatoms. The Hall–Kier alpha value is -1.42. The molecule has 0 saturated carbocycles. The Kier molecular flexibility index (Phi) is 1.98. The fourth-order valence-electron chi connectivity index (χ4n) is 1.15. The molecule has 0 atom stereocenters. The van der Waals surface area contributed by atoms with Gasteiger partial charge in [-0.1, -0.05) is 12.2 Å². The Morgan fingerprint density at radius 1 is 1.38 bits per heavy atom. The predicted molar refractivity (Wildman–Crippen MR) is 51.9 cm³/mol. The summed E-state index contributed by atoms with van der Waals surface area (Å²) >= 11 is 4.97. The van der Waals surface area contributed by atoms with Crippen LogP contribution in [0.2, 0.25) is 0 Å². The van der Waals surface area contributed by atoms with E-state index in [1.54, 1.807) is 24.9 Å². The van der Waals surface area contributed by atoms with Crippen LogP contribution in [0.3, 0.4) is 0 Å². The number of nitrogens with one attached hydrogen (secondary N) is 1. The first-order valence-corrected chi connectivity index (χ1v) is 4.25. The van der Waals surface area contributed by atoms with Gasteiger partial charge in [0.25, 0.3) is 0 Å². The maximum Gasteiger partial charge on any atom is 0.122 e. The van der Waals surface area contributed by atoms with E-state index in [0.717, 1.165) is 16.8 Å². The van der Waals surface area contributed by atoms with Gasteiger partial charge in [0.1, 0.15) is 4.64 Å². The summed E-state index contributed by atoms with van der Waals surface area (Å²) in [5, 5.41) is 0. The smallest absolute Gasteiger partial charge is 0.122 e. The average Bonchev–Trinajstić information content (AvgIpc) is 2.51. The number of aromatic nitrogens is 2. The van der Waals surface area contributed by atoms with Gasteiger partial charge in [-0.3, -0.25) is 4.98 Å². The standard InChI is InChI=1S/C9H8N2OS/c1-6-4-12-5-7(6)8-2-10-3-9(13)11-8/h2-5H,1H3,(H,11,13). The molecule has 2 aromatic rings. The summed E-state index contributed by atoms with van der Waals surface area (Å²) in [5.74, 6) is 0. The molecule has 1 N–H and O–H groups in total. The third-order valence-electron chi connectivity index (χ3n) is 1.80. The first kappa shape index (κ1) is 8.19. The van der Waals surface area contributed by atoms with Crippen molar-refractivity contribution in [1.29, 1.82) is 0 Å². The van der Waals surface area contributed by atoms with Crippen LogP contribution in [0.15, 0.2) is 29.3 Å². The SMILES string of the molecule is Cc1cocc1-c1cncc(=S)[nH]1. The molecular formula is C9H8N2OS. The second-order valence-corrected chi connectivity index (χ2v) is 3.22. The van der Waals surface area contributed by atoms with Crippen LogP contribution in [0.1, 0.15) is 5.56 Å². The third-order valence-corrected chi connectivity index (χ3v) is 2.01. The van der Waals surface area contributed by atoms with Crippen molar-refractivity contribution in [1.82, 2.24) is 9.97 Å². The first-order valence-electron chi connectivity index (χ1n) is 3.85. The number of furan rings is 1. The summed E-state index contributed by atoms with van der Waals surface area (Å²) in [6.45, 7) is 1.97. The van der Waals surface area contributed by atoms with Gasteiger partial charge in [-0.25, -0.2) is 0 Å².